The Morgan fingerprint density at radius 2 is 1.11 bits per heavy atom. The summed E-state index contributed by atoms with van der Waals surface area (Å²) in [5.74, 6) is 0. The Bertz CT molecular complexity index is 2490. The van der Waals surface area contributed by atoms with Gasteiger partial charge in [-0.05, 0) is 94.5 Å². The van der Waals surface area contributed by atoms with Crippen LogP contribution in [0.3, 0.4) is 0 Å². The SMILES string of the molecule is N#C/C=C\C=C(/Cc1cccc2c(-c3c4ccccc4c(-c4ccc5ccccc5c4)c4ccccc34)cccc12)c1ccccc1. The van der Waals surface area contributed by atoms with Crippen molar-refractivity contribution in [2.45, 2.75) is 6.42 Å². The third-order valence-electron chi connectivity index (χ3n) is 9.24. The second-order valence-corrected chi connectivity index (χ2v) is 11.9. The van der Waals surface area contributed by atoms with E-state index in [0.29, 0.717) is 0 Å². The van der Waals surface area contributed by atoms with Gasteiger partial charge >= 0.3 is 0 Å². The van der Waals surface area contributed by atoms with Crippen LogP contribution in [0.25, 0.3) is 70.9 Å². The van der Waals surface area contributed by atoms with Crippen molar-refractivity contribution in [2.75, 3.05) is 0 Å². The van der Waals surface area contributed by atoms with E-state index in [0.717, 1.165) is 12.0 Å². The molecule has 0 amide bonds. The van der Waals surface area contributed by atoms with Gasteiger partial charge in [-0.25, -0.2) is 0 Å². The molecule has 0 unspecified atom stereocenters. The highest BCUT2D eigenvalue weighted by molar-refractivity contribution is 6.23. The van der Waals surface area contributed by atoms with Crippen LogP contribution >= 0.6 is 0 Å². The van der Waals surface area contributed by atoms with Crippen LogP contribution in [-0.2, 0) is 6.42 Å². The van der Waals surface area contributed by atoms with Crippen LogP contribution in [0.2, 0.25) is 0 Å². The molecule has 220 valence electrons. The second-order valence-electron chi connectivity index (χ2n) is 11.9. The molecule has 0 spiro atoms. The van der Waals surface area contributed by atoms with Crippen LogP contribution in [0.4, 0.5) is 0 Å². The fraction of sp³-hybridized carbons (Fsp3) is 0.0217. The molecule has 0 aliphatic carbocycles. The van der Waals surface area contributed by atoms with Crippen molar-refractivity contribution in [1.82, 2.24) is 0 Å². The minimum absolute atomic E-state index is 0.753. The fourth-order valence-electron chi connectivity index (χ4n) is 7.14. The number of fused-ring (bicyclic) bond motifs is 4. The first-order chi connectivity index (χ1) is 23.3. The predicted molar refractivity (Wildman–Crippen MR) is 200 cm³/mol. The van der Waals surface area contributed by atoms with Gasteiger partial charge in [-0.3, -0.25) is 0 Å². The molecular formula is C46H31N. The van der Waals surface area contributed by atoms with Crippen LogP contribution < -0.4 is 0 Å². The normalized spacial score (nSPS) is 11.9. The molecule has 0 heterocycles. The van der Waals surface area contributed by atoms with Crippen LogP contribution in [0.1, 0.15) is 11.1 Å². The molecule has 0 saturated carbocycles. The smallest absolute Gasteiger partial charge is 0.0912 e. The zero-order chi connectivity index (χ0) is 31.6. The second kappa shape index (κ2) is 12.3. The predicted octanol–water partition coefficient (Wildman–Crippen LogP) is 12.3. The van der Waals surface area contributed by atoms with E-state index in [9.17, 15) is 0 Å². The Balaban J connectivity index is 1.36. The highest BCUT2D eigenvalue weighted by atomic mass is 14.2. The number of nitrogens with zero attached hydrogens (tertiary/aromatic N) is 1. The number of nitriles is 1. The van der Waals surface area contributed by atoms with E-state index in [4.69, 9.17) is 5.26 Å². The van der Waals surface area contributed by atoms with Gasteiger partial charge in [-0.15, -0.1) is 0 Å². The van der Waals surface area contributed by atoms with Gasteiger partial charge in [0, 0.05) is 6.08 Å². The lowest BCUT2D eigenvalue weighted by molar-refractivity contribution is 1.31. The van der Waals surface area contributed by atoms with Gasteiger partial charge in [0.15, 0.2) is 0 Å². The van der Waals surface area contributed by atoms with E-state index in [1.54, 1.807) is 0 Å². The maximum absolute atomic E-state index is 9.13. The van der Waals surface area contributed by atoms with Crippen molar-refractivity contribution < 1.29 is 0 Å². The third-order valence-corrected chi connectivity index (χ3v) is 9.24. The molecule has 1 heteroatoms. The molecule has 0 N–H and O–H groups in total. The van der Waals surface area contributed by atoms with Gasteiger partial charge in [-0.2, -0.15) is 5.26 Å². The molecule has 0 atom stereocenters. The average Bonchev–Trinajstić information content (AvgIpc) is 3.13. The van der Waals surface area contributed by atoms with E-state index in [1.165, 1.54) is 82.6 Å². The van der Waals surface area contributed by atoms with Gasteiger partial charge in [0.05, 0.1) is 6.07 Å². The van der Waals surface area contributed by atoms with E-state index in [1.807, 2.05) is 12.1 Å². The van der Waals surface area contributed by atoms with E-state index < -0.39 is 0 Å². The van der Waals surface area contributed by atoms with E-state index >= 15 is 0 Å². The van der Waals surface area contributed by atoms with Crippen LogP contribution in [0.5, 0.6) is 0 Å². The largest absolute Gasteiger partial charge is 0.193 e. The zero-order valence-electron chi connectivity index (χ0n) is 25.9. The molecule has 8 aromatic rings. The minimum Gasteiger partial charge on any atom is -0.193 e. The summed E-state index contributed by atoms with van der Waals surface area (Å²) >= 11 is 0. The molecule has 0 saturated heterocycles. The Morgan fingerprint density at radius 3 is 1.83 bits per heavy atom. The van der Waals surface area contributed by atoms with Gasteiger partial charge in [-0.1, -0.05) is 164 Å². The minimum atomic E-state index is 0.753. The van der Waals surface area contributed by atoms with Crippen molar-refractivity contribution in [3.63, 3.8) is 0 Å². The summed E-state index contributed by atoms with van der Waals surface area (Å²) in [7, 11) is 0. The quantitative estimate of drug-likeness (QED) is 0.106. The van der Waals surface area contributed by atoms with Gasteiger partial charge in [0.1, 0.15) is 0 Å². The van der Waals surface area contributed by atoms with Crippen LogP contribution in [0, 0.1) is 11.3 Å². The lowest BCUT2D eigenvalue weighted by Gasteiger charge is -2.19. The first kappa shape index (κ1) is 28.3. The summed E-state index contributed by atoms with van der Waals surface area (Å²) in [6, 6.07) is 59.1. The highest BCUT2D eigenvalue weighted by Gasteiger charge is 2.18. The molecule has 47 heavy (non-hydrogen) atoms. The monoisotopic (exact) mass is 597 g/mol. The molecule has 0 aliphatic rings. The van der Waals surface area contributed by atoms with E-state index in [-0.39, 0.29) is 0 Å². The summed E-state index contributed by atoms with van der Waals surface area (Å²) in [4.78, 5) is 0. The van der Waals surface area contributed by atoms with Crippen LogP contribution in [-0.4, -0.2) is 0 Å². The first-order valence-electron chi connectivity index (χ1n) is 16.0. The van der Waals surface area contributed by atoms with Gasteiger partial charge < -0.3 is 0 Å². The van der Waals surface area contributed by atoms with E-state index in [2.05, 4.69) is 164 Å². The number of rotatable bonds is 6. The van der Waals surface area contributed by atoms with Crippen molar-refractivity contribution in [3.8, 4) is 28.3 Å². The molecular weight excluding hydrogens is 567 g/mol. The molecule has 8 rings (SSSR count). The Hall–Kier alpha value is -6.23. The standard InChI is InChI=1S/C46H31N/c47-29-11-10-18-34(32-14-2-1-3-15-32)30-36-19-12-25-39-38(36)24-13-26-40(39)46-43-22-8-6-20-41(43)45(42-21-7-9-23-44(42)46)37-28-27-33-16-4-5-17-35(33)31-37/h1-28,31H,30H2/b11-10-,34-18+. The Labute approximate surface area is 275 Å². The van der Waals surface area contributed by atoms with Gasteiger partial charge in [0.2, 0.25) is 0 Å². The topological polar surface area (TPSA) is 23.8 Å². The van der Waals surface area contributed by atoms with Crippen molar-refractivity contribution in [1.29, 1.82) is 5.26 Å². The number of hydrogen-bond donors (Lipinski definition) is 0. The first-order valence-corrected chi connectivity index (χ1v) is 16.0. The molecule has 0 fully saturated rings. The van der Waals surface area contributed by atoms with Crippen molar-refractivity contribution in [2.24, 2.45) is 0 Å². The van der Waals surface area contributed by atoms with Crippen LogP contribution in [0.15, 0.2) is 176 Å². The maximum Gasteiger partial charge on any atom is 0.0912 e. The van der Waals surface area contributed by atoms with Crippen molar-refractivity contribution in [3.05, 3.63) is 187 Å². The fourth-order valence-corrected chi connectivity index (χ4v) is 7.14. The summed E-state index contributed by atoms with van der Waals surface area (Å²) in [6.07, 6.45) is 6.19. The summed E-state index contributed by atoms with van der Waals surface area (Å²) in [5.41, 5.74) is 8.58. The third kappa shape index (κ3) is 5.17. The molecule has 1 nitrogen and oxygen atoms in total. The number of hydrogen-bond acceptors (Lipinski definition) is 1. The lowest BCUT2D eigenvalue weighted by atomic mass is 9.84. The number of allylic oxidation sites excluding steroid dienone is 4. The summed E-state index contributed by atoms with van der Waals surface area (Å²) in [5, 5.41) is 19.1. The van der Waals surface area contributed by atoms with Gasteiger partial charge in [0.25, 0.3) is 0 Å². The Morgan fingerprint density at radius 1 is 0.511 bits per heavy atom. The van der Waals surface area contributed by atoms with Crippen molar-refractivity contribution >= 4 is 48.7 Å². The average molecular weight is 598 g/mol. The Kier molecular flexibility index (Phi) is 7.38. The zero-order valence-corrected chi connectivity index (χ0v) is 25.9. The molecule has 8 aromatic carbocycles. The molecule has 0 radical (unpaired) electrons. The lowest BCUT2D eigenvalue weighted by Crippen LogP contribution is -1.95. The summed E-state index contributed by atoms with van der Waals surface area (Å²) < 4.78 is 0. The molecule has 0 aromatic heterocycles. The highest BCUT2D eigenvalue weighted by Crippen LogP contribution is 2.46. The maximum atomic E-state index is 9.13. The summed E-state index contributed by atoms with van der Waals surface area (Å²) in [6.45, 7) is 0. The number of benzene rings is 8. The molecule has 0 bridgehead atoms. The molecule has 0 aliphatic heterocycles.